The van der Waals surface area contributed by atoms with Gasteiger partial charge in [0.1, 0.15) is 6.01 Å². The van der Waals surface area contributed by atoms with Gasteiger partial charge in [-0.15, -0.1) is 0 Å². The molecule has 72 valence electrons. The van der Waals surface area contributed by atoms with Crippen LogP contribution in [0.4, 0.5) is 4.39 Å². The molecule has 0 saturated carbocycles. The third-order valence-electron chi connectivity index (χ3n) is 0.959. The summed E-state index contributed by atoms with van der Waals surface area (Å²) in [6.45, 7) is 0. The molecular formula is C7H7FO4S. The van der Waals surface area contributed by atoms with Crippen molar-refractivity contribution >= 4 is 28.6 Å². The molecule has 0 aliphatic rings. The zero-order chi connectivity index (χ0) is 10.3. The molecule has 0 saturated heterocycles. The van der Waals surface area contributed by atoms with Crippen LogP contribution in [0.5, 0.6) is 0 Å². The summed E-state index contributed by atoms with van der Waals surface area (Å²) in [4.78, 5) is 31.8. The van der Waals surface area contributed by atoms with Gasteiger partial charge >= 0.3 is 5.97 Å². The molecule has 0 spiro atoms. The summed E-state index contributed by atoms with van der Waals surface area (Å²) in [5.41, 5.74) is 0. The lowest BCUT2D eigenvalue weighted by atomic mass is 10.4. The molecule has 4 nitrogen and oxygen atoms in total. The topological polar surface area (TPSA) is 60.4 Å². The lowest BCUT2D eigenvalue weighted by Crippen LogP contribution is -2.07. The maximum Gasteiger partial charge on any atom is 0.330 e. The maximum atomic E-state index is 11.5. The monoisotopic (exact) mass is 206 g/mol. The van der Waals surface area contributed by atoms with Crippen LogP contribution in [0.1, 0.15) is 0 Å². The number of esters is 1. The van der Waals surface area contributed by atoms with E-state index in [-0.39, 0.29) is 11.8 Å². The van der Waals surface area contributed by atoms with Crippen LogP contribution in [0.3, 0.4) is 0 Å². The number of rotatable bonds is 4. The Morgan fingerprint density at radius 3 is 2.46 bits per heavy atom. The highest BCUT2D eigenvalue weighted by Gasteiger charge is 2.10. The molecule has 0 radical (unpaired) electrons. The molecule has 0 aromatic carbocycles. The van der Waals surface area contributed by atoms with Crippen molar-refractivity contribution < 1.29 is 23.5 Å². The minimum Gasteiger partial charge on any atom is -0.466 e. The summed E-state index contributed by atoms with van der Waals surface area (Å²) < 4.78 is 15.7. The van der Waals surface area contributed by atoms with E-state index in [2.05, 4.69) is 4.74 Å². The fourth-order valence-electron chi connectivity index (χ4n) is 0.400. The summed E-state index contributed by atoms with van der Waals surface area (Å²) >= 11 is 0.240. The van der Waals surface area contributed by atoms with E-state index in [0.717, 1.165) is 19.3 Å². The summed E-state index contributed by atoms with van der Waals surface area (Å²) in [5, 5.41) is -0.942. The van der Waals surface area contributed by atoms with Crippen LogP contribution in [0, 0.1) is 0 Å². The zero-order valence-electron chi connectivity index (χ0n) is 6.78. The van der Waals surface area contributed by atoms with E-state index in [1.165, 1.54) is 0 Å². The second kappa shape index (κ2) is 6.36. The van der Waals surface area contributed by atoms with Crippen molar-refractivity contribution in [1.29, 1.82) is 0 Å². The largest absolute Gasteiger partial charge is 0.466 e. The Morgan fingerprint density at radius 1 is 1.38 bits per heavy atom. The highest BCUT2D eigenvalue weighted by molar-refractivity contribution is 8.15. The Bertz CT molecular complexity index is 249. The first-order valence-electron chi connectivity index (χ1n) is 3.15. The van der Waals surface area contributed by atoms with E-state index in [0.29, 0.717) is 0 Å². The smallest absolute Gasteiger partial charge is 0.330 e. The van der Waals surface area contributed by atoms with E-state index in [1.807, 2.05) is 0 Å². The van der Waals surface area contributed by atoms with Crippen molar-refractivity contribution in [3.8, 4) is 0 Å². The number of thioether (sulfide) groups is 1. The Labute approximate surface area is 78.1 Å². The molecular weight excluding hydrogens is 199 g/mol. The molecule has 0 aromatic rings. The number of allylic oxidation sites excluding steroid dienone is 1. The van der Waals surface area contributed by atoms with E-state index in [9.17, 15) is 18.8 Å². The number of ketones is 1. The lowest BCUT2D eigenvalue weighted by molar-refractivity contribution is -0.135. The summed E-state index contributed by atoms with van der Waals surface area (Å²) in [7, 11) is 1.13. The van der Waals surface area contributed by atoms with Gasteiger partial charge in [-0.1, -0.05) is 0 Å². The van der Waals surface area contributed by atoms with Gasteiger partial charge in [-0.2, -0.15) is 0 Å². The molecule has 0 fully saturated rings. The number of carbonyl (C=O) groups is 3. The van der Waals surface area contributed by atoms with Crippen molar-refractivity contribution in [2.75, 3.05) is 13.1 Å². The third-order valence-corrected chi connectivity index (χ3v) is 1.53. The van der Waals surface area contributed by atoms with Gasteiger partial charge in [0.05, 0.1) is 7.11 Å². The highest BCUT2D eigenvalue weighted by Crippen LogP contribution is 2.03. The van der Waals surface area contributed by atoms with Crippen LogP contribution in [0.2, 0.25) is 0 Å². The zero-order valence-corrected chi connectivity index (χ0v) is 7.60. The number of halogens is 1. The number of hydrogen-bond acceptors (Lipinski definition) is 5. The van der Waals surface area contributed by atoms with Gasteiger partial charge in [0, 0.05) is 6.08 Å². The average Bonchev–Trinajstić information content (AvgIpc) is 2.13. The second-order valence-corrected chi connectivity index (χ2v) is 2.64. The molecule has 0 heterocycles. The van der Waals surface area contributed by atoms with Gasteiger partial charge in [0.2, 0.25) is 5.78 Å². The van der Waals surface area contributed by atoms with Crippen molar-refractivity contribution in [3.05, 3.63) is 12.2 Å². The van der Waals surface area contributed by atoms with Crippen LogP contribution in [-0.4, -0.2) is 30.0 Å². The number of alkyl halides is 1. The summed E-state index contributed by atoms with van der Waals surface area (Å²) in [6.07, 6.45) is 1.55. The van der Waals surface area contributed by atoms with E-state index < -0.39 is 22.9 Å². The minimum atomic E-state index is -0.962. The normalized spacial score (nSPS) is 10.0. The lowest BCUT2D eigenvalue weighted by Gasteiger charge is -1.90. The van der Waals surface area contributed by atoms with E-state index in [4.69, 9.17) is 0 Å². The fourth-order valence-corrected chi connectivity index (χ4v) is 0.710. The number of hydrogen-bond donors (Lipinski definition) is 0. The van der Waals surface area contributed by atoms with Gasteiger partial charge in [0.25, 0.3) is 5.12 Å². The first-order chi connectivity index (χ1) is 6.11. The summed E-state index contributed by atoms with van der Waals surface area (Å²) in [6, 6.07) is -0.962. The van der Waals surface area contributed by atoms with E-state index >= 15 is 0 Å². The highest BCUT2D eigenvalue weighted by atomic mass is 32.2. The Morgan fingerprint density at radius 2 is 2.00 bits per heavy atom. The quantitative estimate of drug-likeness (QED) is 0.380. The Balaban J connectivity index is 4.07. The van der Waals surface area contributed by atoms with Crippen LogP contribution in [-0.2, 0) is 19.1 Å². The van der Waals surface area contributed by atoms with Crippen molar-refractivity contribution in [3.63, 3.8) is 0 Å². The van der Waals surface area contributed by atoms with Gasteiger partial charge in [-0.05, 0) is 17.8 Å². The molecule has 0 bridgehead atoms. The first-order valence-corrected chi connectivity index (χ1v) is 4.13. The molecule has 0 rings (SSSR count). The molecule has 0 aromatic heterocycles. The average molecular weight is 206 g/mol. The number of methoxy groups -OCH3 is 1. The van der Waals surface area contributed by atoms with Crippen LogP contribution in [0.15, 0.2) is 12.2 Å². The van der Waals surface area contributed by atoms with Crippen molar-refractivity contribution in [2.24, 2.45) is 0 Å². The predicted molar refractivity (Wildman–Crippen MR) is 44.7 cm³/mol. The predicted octanol–water partition coefficient (Wildman–Crippen LogP) is 0.471. The molecule has 13 heavy (non-hydrogen) atoms. The SMILES string of the molecule is COC(=O)/C=C/C(=O)C(=O)SCF. The van der Waals surface area contributed by atoms with Gasteiger partial charge in [0.15, 0.2) is 0 Å². The van der Waals surface area contributed by atoms with Crippen LogP contribution in [0.25, 0.3) is 0 Å². The Hall–Kier alpha value is -1.17. The molecule has 0 N–H and O–H groups in total. The third kappa shape index (κ3) is 5.13. The minimum absolute atomic E-state index is 0.240. The molecule has 0 amide bonds. The summed E-state index contributed by atoms with van der Waals surface area (Å²) in [5.74, 6) is -1.68. The number of ether oxygens (including phenoxy) is 1. The van der Waals surface area contributed by atoms with Crippen LogP contribution < -0.4 is 0 Å². The molecule has 6 heteroatoms. The van der Waals surface area contributed by atoms with Gasteiger partial charge in [-0.25, -0.2) is 9.18 Å². The second-order valence-electron chi connectivity index (χ2n) is 1.76. The van der Waals surface area contributed by atoms with Crippen molar-refractivity contribution in [1.82, 2.24) is 0 Å². The molecule has 0 atom stereocenters. The van der Waals surface area contributed by atoms with Crippen LogP contribution >= 0.6 is 11.8 Å². The first kappa shape index (κ1) is 11.8. The van der Waals surface area contributed by atoms with Gasteiger partial charge in [-0.3, -0.25) is 9.59 Å². The van der Waals surface area contributed by atoms with Crippen molar-refractivity contribution in [2.45, 2.75) is 0 Å². The van der Waals surface area contributed by atoms with E-state index in [1.54, 1.807) is 0 Å². The standard InChI is InChI=1S/C7H7FO4S/c1-12-6(10)3-2-5(9)7(11)13-4-8/h2-3H,4H2,1H3/b3-2+. The maximum absolute atomic E-state index is 11.5. The molecule has 0 unspecified atom stereocenters. The number of carbonyl (C=O) groups excluding carboxylic acids is 3. The Kier molecular flexibility index (Phi) is 5.79. The molecule has 0 aliphatic carbocycles. The fraction of sp³-hybridized carbons (Fsp3) is 0.286. The molecule has 0 aliphatic heterocycles. The van der Waals surface area contributed by atoms with Gasteiger partial charge < -0.3 is 4.74 Å².